The van der Waals surface area contributed by atoms with Crippen molar-refractivity contribution in [2.45, 2.75) is 77.3 Å². The summed E-state index contributed by atoms with van der Waals surface area (Å²) in [4.78, 5) is 11.9. The molecule has 1 heterocycles. The van der Waals surface area contributed by atoms with E-state index in [9.17, 15) is 4.79 Å². The van der Waals surface area contributed by atoms with Crippen LogP contribution in [0, 0.1) is 0 Å². The first-order chi connectivity index (χ1) is 10.1. The summed E-state index contributed by atoms with van der Waals surface area (Å²) in [6.45, 7) is 13.1. The summed E-state index contributed by atoms with van der Waals surface area (Å²) >= 11 is 2.23. The Kier molecular flexibility index (Phi) is 7.33. The number of cyclic esters (lactones) is 1. The molecule has 22 heavy (non-hydrogen) atoms. The van der Waals surface area contributed by atoms with E-state index in [-0.39, 0.29) is 23.2 Å². The van der Waals surface area contributed by atoms with Crippen molar-refractivity contribution in [3.8, 4) is 0 Å². The van der Waals surface area contributed by atoms with Crippen LogP contribution in [0.25, 0.3) is 0 Å². The number of hydrogen-bond donors (Lipinski definition) is 0. The molecular formula is C17H29IO3Si. The second kappa shape index (κ2) is 8.10. The van der Waals surface area contributed by atoms with Crippen LogP contribution in [0.1, 0.15) is 47.0 Å². The molecule has 126 valence electrons. The fraction of sp³-hybridized carbons (Fsp3) is 0.706. The lowest BCUT2D eigenvalue weighted by molar-refractivity contribution is -0.139. The van der Waals surface area contributed by atoms with Crippen molar-refractivity contribution in [3.05, 3.63) is 21.8 Å². The minimum absolute atomic E-state index is 0.0811. The third kappa shape index (κ3) is 5.81. The van der Waals surface area contributed by atoms with E-state index in [0.29, 0.717) is 6.42 Å². The lowest BCUT2D eigenvalue weighted by Crippen LogP contribution is -2.44. The van der Waals surface area contributed by atoms with Gasteiger partial charge in [-0.25, -0.2) is 4.79 Å². The minimum atomic E-state index is -1.84. The van der Waals surface area contributed by atoms with Crippen LogP contribution in [-0.4, -0.2) is 26.5 Å². The van der Waals surface area contributed by atoms with E-state index in [1.807, 2.05) is 17.1 Å². The van der Waals surface area contributed by atoms with Crippen LogP contribution in [-0.2, 0) is 14.0 Å². The van der Waals surface area contributed by atoms with E-state index < -0.39 is 8.32 Å². The van der Waals surface area contributed by atoms with Crippen molar-refractivity contribution in [3.63, 3.8) is 0 Å². The van der Waals surface area contributed by atoms with Gasteiger partial charge in [0.05, 0.1) is 0 Å². The van der Waals surface area contributed by atoms with E-state index in [4.69, 9.17) is 9.16 Å². The van der Waals surface area contributed by atoms with Crippen LogP contribution in [0.5, 0.6) is 0 Å². The molecule has 0 aromatic heterocycles. The molecule has 0 aliphatic carbocycles. The molecule has 0 aromatic carbocycles. The van der Waals surface area contributed by atoms with Gasteiger partial charge < -0.3 is 9.16 Å². The highest BCUT2D eigenvalue weighted by Gasteiger charge is 2.39. The number of carbonyl (C=O) groups excluding carboxylic acids is 1. The number of carbonyl (C=O) groups is 1. The van der Waals surface area contributed by atoms with Gasteiger partial charge >= 0.3 is 5.97 Å². The van der Waals surface area contributed by atoms with Crippen LogP contribution in [0.4, 0.5) is 0 Å². The van der Waals surface area contributed by atoms with Crippen molar-refractivity contribution in [2.75, 3.05) is 0 Å². The second-order valence-corrected chi connectivity index (χ2v) is 12.9. The smallest absolute Gasteiger partial charge is 0.334 e. The Morgan fingerprint density at radius 1 is 1.45 bits per heavy atom. The Balaban J connectivity index is 2.80. The maximum absolute atomic E-state index is 11.9. The van der Waals surface area contributed by atoms with Crippen LogP contribution in [0.3, 0.4) is 0 Å². The number of halogens is 1. The van der Waals surface area contributed by atoms with Crippen molar-refractivity contribution < 1.29 is 14.0 Å². The van der Waals surface area contributed by atoms with E-state index in [0.717, 1.165) is 18.4 Å². The zero-order valence-corrected chi connectivity index (χ0v) is 17.8. The predicted molar refractivity (Wildman–Crippen MR) is 103 cm³/mol. The van der Waals surface area contributed by atoms with E-state index in [2.05, 4.69) is 62.5 Å². The van der Waals surface area contributed by atoms with Gasteiger partial charge in [0.1, 0.15) is 6.10 Å². The first-order valence-electron chi connectivity index (χ1n) is 7.91. The molecule has 1 aliphatic heterocycles. The molecule has 0 spiro atoms. The third-order valence-electron chi connectivity index (χ3n) is 4.45. The lowest BCUT2D eigenvalue weighted by atomic mass is 10.0. The zero-order valence-electron chi connectivity index (χ0n) is 14.6. The fourth-order valence-electron chi connectivity index (χ4n) is 2.17. The summed E-state index contributed by atoms with van der Waals surface area (Å²) in [5.41, 5.74) is 0.773. The Bertz CT molecular complexity index is 449. The molecule has 0 saturated heterocycles. The summed E-state index contributed by atoms with van der Waals surface area (Å²) in [6.07, 6.45) is 6.61. The van der Waals surface area contributed by atoms with Gasteiger partial charge in [-0.1, -0.05) is 49.4 Å². The molecule has 0 aromatic rings. The summed E-state index contributed by atoms with van der Waals surface area (Å²) < 4.78 is 13.8. The van der Waals surface area contributed by atoms with E-state index in [1.165, 1.54) is 0 Å². The van der Waals surface area contributed by atoms with Gasteiger partial charge in [0.25, 0.3) is 0 Å². The number of allylic oxidation sites excluding steroid dienone is 1. The van der Waals surface area contributed by atoms with Gasteiger partial charge in [-0.15, -0.1) is 0 Å². The fourth-order valence-corrected chi connectivity index (χ4v) is 3.92. The highest BCUT2D eigenvalue weighted by molar-refractivity contribution is 14.1. The average Bonchev–Trinajstić information content (AvgIpc) is 2.66. The van der Waals surface area contributed by atoms with Crippen molar-refractivity contribution in [1.82, 2.24) is 0 Å². The van der Waals surface area contributed by atoms with E-state index in [1.54, 1.807) is 0 Å². The summed E-state index contributed by atoms with van der Waals surface area (Å²) in [6, 6.07) is 0. The van der Waals surface area contributed by atoms with Crippen LogP contribution < -0.4 is 0 Å². The van der Waals surface area contributed by atoms with Crippen LogP contribution >= 0.6 is 22.6 Å². The summed E-state index contributed by atoms with van der Waals surface area (Å²) in [7, 11) is -1.84. The monoisotopic (exact) mass is 436 g/mol. The molecule has 0 amide bonds. The third-order valence-corrected chi connectivity index (χ3v) is 9.49. The van der Waals surface area contributed by atoms with E-state index >= 15 is 0 Å². The highest BCUT2D eigenvalue weighted by atomic mass is 127. The molecule has 0 N–H and O–H groups in total. The molecule has 0 radical (unpaired) electrons. The second-order valence-electron chi connectivity index (χ2n) is 7.45. The van der Waals surface area contributed by atoms with Gasteiger partial charge in [0, 0.05) is 18.1 Å². The largest absolute Gasteiger partial charge is 0.455 e. The summed E-state index contributed by atoms with van der Waals surface area (Å²) in [5, 5.41) is 0.169. The lowest BCUT2D eigenvalue weighted by Gasteiger charge is -2.39. The topological polar surface area (TPSA) is 35.5 Å². The Morgan fingerprint density at radius 2 is 2.09 bits per heavy atom. The molecule has 1 aliphatic rings. The number of esters is 1. The normalized spacial score (nSPS) is 21.1. The molecule has 3 nitrogen and oxygen atoms in total. The zero-order chi connectivity index (χ0) is 17.0. The van der Waals surface area contributed by atoms with Crippen molar-refractivity contribution in [1.29, 1.82) is 0 Å². The molecule has 5 heteroatoms. The quantitative estimate of drug-likeness (QED) is 0.306. The molecule has 2 atom stereocenters. The van der Waals surface area contributed by atoms with Crippen LogP contribution in [0.2, 0.25) is 18.1 Å². The number of hydrogen-bond acceptors (Lipinski definition) is 3. The molecule has 0 saturated carbocycles. The number of ether oxygens (including phenoxy) is 1. The van der Waals surface area contributed by atoms with Gasteiger partial charge in [-0.2, -0.15) is 0 Å². The Morgan fingerprint density at radius 3 is 2.55 bits per heavy atom. The molecular weight excluding hydrogens is 407 g/mol. The first-order valence-corrected chi connectivity index (χ1v) is 12.1. The standard InChI is InChI=1S/C17H29IO3Si/c1-13-11-14(16(19)20-13)12-15(9-7-8-10-18)21-22(5,6)17(2,3)4/h8,10-11,13,15H,7,9,12H2,1-6H3/b10-8+/t13-,15?/m0/s1. The highest BCUT2D eigenvalue weighted by Crippen LogP contribution is 2.38. The maximum Gasteiger partial charge on any atom is 0.334 e. The van der Waals surface area contributed by atoms with Crippen molar-refractivity contribution >= 4 is 36.9 Å². The van der Waals surface area contributed by atoms with Gasteiger partial charge in [-0.05, 0) is 48.1 Å². The van der Waals surface area contributed by atoms with Crippen molar-refractivity contribution in [2.24, 2.45) is 0 Å². The molecule has 0 bridgehead atoms. The van der Waals surface area contributed by atoms with Gasteiger partial charge in [0.2, 0.25) is 0 Å². The van der Waals surface area contributed by atoms with Gasteiger partial charge in [-0.3, -0.25) is 0 Å². The Labute approximate surface area is 149 Å². The van der Waals surface area contributed by atoms with Crippen LogP contribution in [0.15, 0.2) is 21.8 Å². The molecule has 1 unspecified atom stereocenters. The first kappa shape index (κ1) is 19.9. The van der Waals surface area contributed by atoms with Gasteiger partial charge in [0.15, 0.2) is 8.32 Å². The molecule has 1 rings (SSSR count). The minimum Gasteiger partial charge on any atom is -0.455 e. The maximum atomic E-state index is 11.9. The molecule has 0 fully saturated rings. The Hall–Kier alpha value is -0.143. The summed E-state index contributed by atoms with van der Waals surface area (Å²) in [5.74, 6) is -0.180. The SMILES string of the molecule is C[C@H]1C=C(CC(CC/C=C/I)O[Si](C)(C)C(C)(C)C)C(=O)O1. The number of rotatable bonds is 7. The predicted octanol–water partition coefficient (Wildman–Crippen LogP) is 5.37. The average molecular weight is 436 g/mol.